The van der Waals surface area contributed by atoms with Crippen LogP contribution >= 0.6 is 23.5 Å². The van der Waals surface area contributed by atoms with Gasteiger partial charge in [-0.15, -0.1) is 0 Å². The molecule has 3 aliphatic heterocycles. The largest absolute Gasteiger partial charge is 0.480 e. The number of nitrogens with one attached hydrogen (secondary N) is 4. The van der Waals surface area contributed by atoms with Gasteiger partial charge in [0, 0.05) is 120 Å². The summed E-state index contributed by atoms with van der Waals surface area (Å²) in [6, 6.07) is 3.79. The van der Waals surface area contributed by atoms with Gasteiger partial charge in [-0.1, -0.05) is 40.2 Å². The molecule has 27 heteroatoms. The van der Waals surface area contributed by atoms with Crippen LogP contribution in [-0.4, -0.2) is 255 Å². The maximum Gasteiger partial charge on any atom is 0.317 e. The number of carboxylic acid groups (broad SMARTS) is 3. The molecule has 6 amide bonds. The number of hydrogen-bond acceptors (Lipinski definition) is 18. The number of aromatic nitrogens is 1. The Kier molecular flexibility index (Phi) is 30.0. The van der Waals surface area contributed by atoms with Crippen LogP contribution in [-0.2, 0) is 59.5 Å². The molecule has 1 aromatic heterocycles. The number of carbonyl (C=O) groups is 10. The maximum atomic E-state index is 14.7. The van der Waals surface area contributed by atoms with Crippen LogP contribution in [0.5, 0.6) is 0 Å². The van der Waals surface area contributed by atoms with E-state index in [4.69, 9.17) is 10.7 Å². The number of piperidine rings is 2. The Morgan fingerprint density at radius 3 is 1.56 bits per heavy atom. The zero-order chi connectivity index (χ0) is 60.4. The van der Waals surface area contributed by atoms with E-state index in [1.165, 1.54) is 11.8 Å². The summed E-state index contributed by atoms with van der Waals surface area (Å²) < 4.78 is 0. The van der Waals surface area contributed by atoms with Crippen LogP contribution in [0.15, 0.2) is 18.2 Å². The number of likely N-dealkylation sites (tertiary alicyclic amines) is 2. The number of pyridine rings is 1. The quantitative estimate of drug-likeness (QED) is 0.0454. The topological polar surface area (TPSA) is 338 Å². The van der Waals surface area contributed by atoms with Gasteiger partial charge >= 0.3 is 17.9 Å². The Hall–Kier alpha value is -5.45. The number of aliphatic carboxylic acids is 3. The number of nitrogens with zero attached hydrogens (tertiary/aromatic N) is 7. The monoisotopic (exact) mass is 1190 g/mol. The molecule has 460 valence electrons. The molecule has 4 rings (SSSR count). The highest BCUT2D eigenvalue weighted by atomic mass is 32.2. The van der Waals surface area contributed by atoms with Crippen LogP contribution in [0, 0.1) is 11.8 Å². The Bertz CT molecular complexity index is 2270. The van der Waals surface area contributed by atoms with E-state index in [0.29, 0.717) is 42.4 Å². The Morgan fingerprint density at radius 2 is 1.12 bits per heavy atom. The molecule has 82 heavy (non-hydrogen) atoms. The van der Waals surface area contributed by atoms with E-state index in [0.717, 1.165) is 37.3 Å². The van der Waals surface area contributed by atoms with Gasteiger partial charge in [-0.25, -0.2) is 0 Å². The van der Waals surface area contributed by atoms with Crippen LogP contribution < -0.4 is 27.0 Å². The number of primary amides is 1. The van der Waals surface area contributed by atoms with Crippen LogP contribution in [0.1, 0.15) is 97.4 Å². The molecule has 3 fully saturated rings. The maximum absolute atomic E-state index is 14.7. The first-order valence-corrected chi connectivity index (χ1v) is 30.9. The van der Waals surface area contributed by atoms with Crippen molar-refractivity contribution in [3.8, 4) is 0 Å². The Morgan fingerprint density at radius 1 is 0.659 bits per heavy atom. The second-order valence-electron chi connectivity index (χ2n) is 22.3. The first-order chi connectivity index (χ1) is 38.9. The number of thioether (sulfide) groups is 2. The number of carboxylic acids is 3. The standard InChI is InChI=1S/C55H90N12O13S2/c1-6-39(4)51(52(56)78)60-53(79)44(30-38(2)3)59-54(80)55(61-46(70)13-29-82-37-43-9-7-8-42(57-43)36-81-28-12-45(69)58-41-10-16-62(17-11-41)31-40(5)68)14-18-67(19-15-55)47(71)32-63-20-22-64(33-48(72)73)24-26-66(35-50(76)77)27-25-65(23-21-63)34-49(74)75/h7-9,38-39,41,44,51H,6,10-37H2,1-5H3,(H2,56,78)(H,58,69)(H,59,80)(H,60,79)(H,61,70)(H,72,73)(H,74,75)(H,76,77)/t39-,44?,51-/m0/s1. The molecule has 1 aromatic rings. The third-order valence-electron chi connectivity index (χ3n) is 15.0. The highest BCUT2D eigenvalue weighted by Crippen LogP contribution is 2.26. The van der Waals surface area contributed by atoms with E-state index >= 15 is 0 Å². The lowest BCUT2D eigenvalue weighted by molar-refractivity contribution is -0.142. The van der Waals surface area contributed by atoms with Crippen molar-refractivity contribution in [2.75, 3.05) is 123 Å². The average Bonchev–Trinajstić information content (AvgIpc) is 3.43. The van der Waals surface area contributed by atoms with Crippen molar-refractivity contribution in [1.29, 1.82) is 0 Å². The number of Topliss-reactive ketones (excluding diaryl/α,β-unsaturated/α-hetero) is 1. The molecule has 0 aliphatic carbocycles. The SMILES string of the molecule is CC[C@H](C)[C@H](NC(=O)C(CC(C)C)NC(=O)C1(NC(=O)CCSCc2cccc(CSCCC(=O)NC3CCN(CC(C)=O)CC3)n2)CCN(C(=O)CN2CCN(CC(=O)O)CCN(CC(=O)O)CCN(CC(=O)O)CC2)CC1)C(N)=O. The van der Waals surface area contributed by atoms with Gasteiger partial charge in [-0.05, 0) is 63.0 Å². The van der Waals surface area contributed by atoms with Crippen LogP contribution in [0.3, 0.4) is 0 Å². The van der Waals surface area contributed by atoms with Crippen molar-refractivity contribution in [2.24, 2.45) is 17.6 Å². The predicted octanol–water partition coefficient (Wildman–Crippen LogP) is -0.00230. The third-order valence-corrected chi connectivity index (χ3v) is 17.0. The molecule has 0 aromatic carbocycles. The molecular formula is C55H90N12O13S2. The number of rotatable bonds is 31. The van der Waals surface area contributed by atoms with Crippen molar-refractivity contribution in [3.63, 3.8) is 0 Å². The van der Waals surface area contributed by atoms with Gasteiger partial charge in [-0.3, -0.25) is 77.4 Å². The van der Waals surface area contributed by atoms with Crippen LogP contribution in [0.4, 0.5) is 0 Å². The van der Waals surface area contributed by atoms with Gasteiger partial charge in [0.25, 0.3) is 0 Å². The lowest BCUT2D eigenvalue weighted by Crippen LogP contribution is -2.66. The van der Waals surface area contributed by atoms with Crippen molar-refractivity contribution >= 4 is 82.7 Å². The number of amides is 6. The molecule has 3 atom stereocenters. The minimum absolute atomic E-state index is 0.00889. The van der Waals surface area contributed by atoms with Crippen molar-refractivity contribution < 1.29 is 63.3 Å². The van der Waals surface area contributed by atoms with Gasteiger partial charge in [0.05, 0.1) is 44.1 Å². The van der Waals surface area contributed by atoms with Gasteiger partial charge < -0.3 is 47.2 Å². The Labute approximate surface area is 490 Å². The van der Waals surface area contributed by atoms with Crippen LogP contribution in [0.2, 0.25) is 0 Å². The fourth-order valence-corrected chi connectivity index (χ4v) is 11.8. The lowest BCUT2D eigenvalue weighted by Gasteiger charge is -2.42. The van der Waals surface area contributed by atoms with E-state index < -0.39 is 59.2 Å². The molecule has 0 saturated carbocycles. The lowest BCUT2D eigenvalue weighted by atomic mass is 9.85. The summed E-state index contributed by atoms with van der Waals surface area (Å²) in [5.41, 5.74) is 5.83. The highest BCUT2D eigenvalue weighted by Gasteiger charge is 2.45. The second kappa shape index (κ2) is 35.6. The molecular weight excluding hydrogens is 1100 g/mol. The normalized spacial score (nSPS) is 18.7. The fraction of sp³-hybridized carbons (Fsp3) is 0.727. The summed E-state index contributed by atoms with van der Waals surface area (Å²) in [6.07, 6.45) is 2.79. The smallest absolute Gasteiger partial charge is 0.317 e. The first kappa shape index (κ1) is 69.0. The molecule has 3 saturated heterocycles. The summed E-state index contributed by atoms with van der Waals surface area (Å²) in [5.74, 6) is -3.96. The number of ketones is 1. The average molecular weight is 1190 g/mol. The van der Waals surface area contributed by atoms with Gasteiger partial charge in [0.15, 0.2) is 0 Å². The predicted molar refractivity (Wildman–Crippen MR) is 311 cm³/mol. The third kappa shape index (κ3) is 25.6. The minimum Gasteiger partial charge on any atom is -0.480 e. The van der Waals surface area contributed by atoms with E-state index in [1.54, 1.807) is 45.2 Å². The molecule has 0 radical (unpaired) electrons. The summed E-state index contributed by atoms with van der Waals surface area (Å²) in [5, 5.41) is 40.7. The van der Waals surface area contributed by atoms with Crippen molar-refractivity contribution in [1.82, 2.24) is 55.7 Å². The Balaban J connectivity index is 1.42. The number of nitrogens with two attached hydrogens (primary N) is 1. The van der Waals surface area contributed by atoms with E-state index in [-0.39, 0.29) is 153 Å². The summed E-state index contributed by atoms with van der Waals surface area (Å²) in [6.45, 7) is 11.8. The molecule has 0 spiro atoms. The van der Waals surface area contributed by atoms with Crippen molar-refractivity contribution in [2.45, 2.75) is 121 Å². The number of hydrogen-bond donors (Lipinski definition) is 8. The van der Waals surface area contributed by atoms with Crippen LogP contribution in [0.25, 0.3) is 0 Å². The summed E-state index contributed by atoms with van der Waals surface area (Å²) in [7, 11) is 0. The first-order valence-electron chi connectivity index (χ1n) is 28.6. The molecule has 1 unspecified atom stereocenters. The highest BCUT2D eigenvalue weighted by molar-refractivity contribution is 7.98. The molecule has 0 bridgehead atoms. The number of carbonyl (C=O) groups excluding carboxylic acids is 7. The van der Waals surface area contributed by atoms with E-state index in [2.05, 4.69) is 26.2 Å². The fourth-order valence-electron chi connectivity index (χ4n) is 10.2. The zero-order valence-electron chi connectivity index (χ0n) is 48.6. The van der Waals surface area contributed by atoms with E-state index in [1.807, 2.05) is 43.9 Å². The summed E-state index contributed by atoms with van der Waals surface area (Å²) in [4.78, 5) is 144. The molecule has 4 heterocycles. The minimum atomic E-state index is -1.55. The van der Waals surface area contributed by atoms with Gasteiger partial charge in [0.1, 0.15) is 23.4 Å². The van der Waals surface area contributed by atoms with Gasteiger partial charge in [0.2, 0.25) is 35.4 Å². The molecule has 3 aliphatic rings. The van der Waals surface area contributed by atoms with E-state index in [9.17, 15) is 63.3 Å². The summed E-state index contributed by atoms with van der Waals surface area (Å²) >= 11 is 3.11. The molecule has 9 N–H and O–H groups in total. The van der Waals surface area contributed by atoms with Gasteiger partial charge in [-0.2, -0.15) is 23.5 Å². The molecule has 25 nitrogen and oxygen atoms in total. The van der Waals surface area contributed by atoms with Crippen molar-refractivity contribution in [3.05, 3.63) is 29.6 Å². The zero-order valence-corrected chi connectivity index (χ0v) is 50.2. The second-order valence-corrected chi connectivity index (χ2v) is 24.5.